The minimum atomic E-state index is -2.53. The summed E-state index contributed by atoms with van der Waals surface area (Å²) in [6.07, 6.45) is 4.36. The van der Waals surface area contributed by atoms with Crippen LogP contribution in [-0.2, 0) is 11.2 Å². The molecule has 1 aromatic carbocycles. The van der Waals surface area contributed by atoms with Crippen molar-refractivity contribution in [2.75, 3.05) is 21.7 Å². The highest BCUT2D eigenvalue weighted by molar-refractivity contribution is 8.24. The molecule has 0 radical (unpaired) electrons. The first-order valence-corrected chi connectivity index (χ1v) is 14.4. The van der Waals surface area contributed by atoms with Crippen LogP contribution in [0, 0.1) is 11.8 Å². The summed E-state index contributed by atoms with van der Waals surface area (Å²) in [5.41, 5.74) is 3.86. The molecule has 2 amide bonds. The number of thiazole rings is 1. The Bertz CT molecular complexity index is 1330. The van der Waals surface area contributed by atoms with Crippen molar-refractivity contribution in [1.82, 2.24) is 9.97 Å². The lowest BCUT2D eigenvalue weighted by atomic mass is 9.91. The molecule has 35 heavy (non-hydrogen) atoms. The summed E-state index contributed by atoms with van der Waals surface area (Å²) in [6, 6.07) is 7.46. The Balaban J connectivity index is 1.27. The number of aromatic nitrogens is 2. The lowest BCUT2D eigenvalue weighted by Gasteiger charge is -2.42. The predicted octanol–water partition coefficient (Wildman–Crippen LogP) is 5.28. The quantitative estimate of drug-likeness (QED) is 0.372. The summed E-state index contributed by atoms with van der Waals surface area (Å²) in [6.45, 7) is 0. The van der Waals surface area contributed by atoms with Gasteiger partial charge in [-0.2, -0.15) is 10.6 Å². The number of nitrogens with one attached hydrogen (secondary N) is 1. The monoisotopic (exact) mass is 514 g/mol. The van der Waals surface area contributed by atoms with Gasteiger partial charge in [0.1, 0.15) is 0 Å². The Kier molecular flexibility index (Phi) is 5.48. The van der Waals surface area contributed by atoms with Crippen molar-refractivity contribution in [3.05, 3.63) is 36.2 Å². The van der Waals surface area contributed by atoms with Gasteiger partial charge in [-0.25, -0.2) is 9.78 Å². The standard InChI is InChI=1S/C24H26N4O5S2/c29-22(14-1-2-14)27-23-26-17-4-3-15(10-21(17)34-23)16-9-20-18(25-12-16)11-19(28(20)24(30)31)13-5-7-35(32,33)8-6-13/h3-4,9-10,12-14,19,32-33H,1-2,5-8,11H2,(H,30,31)(H,26,27,29). The molecule has 2 aliphatic heterocycles. The smallest absolute Gasteiger partial charge is 0.412 e. The second-order valence-electron chi connectivity index (χ2n) is 9.63. The van der Waals surface area contributed by atoms with E-state index in [4.69, 9.17) is 0 Å². The third kappa shape index (κ3) is 4.37. The highest BCUT2D eigenvalue weighted by Gasteiger charge is 2.41. The minimum Gasteiger partial charge on any atom is -0.465 e. The molecule has 9 nitrogen and oxygen atoms in total. The number of anilines is 2. The topological polar surface area (TPSA) is 136 Å². The third-order valence-electron chi connectivity index (χ3n) is 7.22. The van der Waals surface area contributed by atoms with Gasteiger partial charge in [-0.1, -0.05) is 17.4 Å². The Labute approximate surface area is 207 Å². The summed E-state index contributed by atoms with van der Waals surface area (Å²) < 4.78 is 20.9. The molecule has 184 valence electrons. The maximum absolute atomic E-state index is 12.3. The number of carboxylic acid groups (broad SMARTS) is 1. The van der Waals surface area contributed by atoms with Crippen LogP contribution in [0.25, 0.3) is 21.3 Å². The zero-order valence-corrected chi connectivity index (χ0v) is 20.5. The van der Waals surface area contributed by atoms with Gasteiger partial charge >= 0.3 is 6.09 Å². The Morgan fingerprint density at radius 2 is 1.86 bits per heavy atom. The Hall–Kier alpha value is -2.73. The van der Waals surface area contributed by atoms with Crippen molar-refractivity contribution >= 4 is 55.0 Å². The van der Waals surface area contributed by atoms with Crippen LogP contribution in [0.3, 0.4) is 0 Å². The van der Waals surface area contributed by atoms with E-state index in [1.165, 1.54) is 16.2 Å². The predicted molar refractivity (Wildman–Crippen MR) is 138 cm³/mol. The van der Waals surface area contributed by atoms with Gasteiger partial charge in [0.2, 0.25) is 5.91 Å². The van der Waals surface area contributed by atoms with Crippen LogP contribution in [0.4, 0.5) is 15.6 Å². The molecule has 11 heteroatoms. The number of fused-ring (bicyclic) bond motifs is 2. The fourth-order valence-electron chi connectivity index (χ4n) is 5.12. The van der Waals surface area contributed by atoms with E-state index >= 15 is 0 Å². The van der Waals surface area contributed by atoms with Gasteiger partial charge in [-0.15, -0.1) is 0 Å². The summed E-state index contributed by atoms with van der Waals surface area (Å²) in [7, 11) is -2.53. The van der Waals surface area contributed by atoms with E-state index in [9.17, 15) is 23.8 Å². The molecule has 4 heterocycles. The van der Waals surface area contributed by atoms with Crippen molar-refractivity contribution in [2.45, 2.75) is 38.1 Å². The first-order valence-electron chi connectivity index (χ1n) is 11.7. The number of rotatable bonds is 4. The molecule has 1 saturated carbocycles. The van der Waals surface area contributed by atoms with Crippen LogP contribution in [0.5, 0.6) is 0 Å². The molecule has 2 aromatic heterocycles. The normalized spacial score (nSPS) is 22.7. The molecule has 3 aromatic rings. The molecule has 4 N–H and O–H groups in total. The highest BCUT2D eigenvalue weighted by atomic mass is 32.3. The molecule has 2 fully saturated rings. The van der Waals surface area contributed by atoms with Gasteiger partial charge in [-0.3, -0.25) is 23.8 Å². The van der Waals surface area contributed by atoms with Crippen LogP contribution in [-0.4, -0.2) is 53.7 Å². The van der Waals surface area contributed by atoms with Crippen molar-refractivity contribution in [3.8, 4) is 11.1 Å². The molecular weight excluding hydrogens is 488 g/mol. The van der Waals surface area contributed by atoms with Gasteiger partial charge in [0, 0.05) is 41.6 Å². The van der Waals surface area contributed by atoms with E-state index in [1.54, 1.807) is 6.20 Å². The molecule has 3 aliphatic rings. The Morgan fingerprint density at radius 1 is 1.09 bits per heavy atom. The molecule has 0 bridgehead atoms. The fourth-order valence-corrected chi connectivity index (χ4v) is 7.59. The van der Waals surface area contributed by atoms with Crippen LogP contribution in [0.15, 0.2) is 30.5 Å². The van der Waals surface area contributed by atoms with E-state index in [-0.39, 0.29) is 23.8 Å². The van der Waals surface area contributed by atoms with Gasteiger partial charge in [0.05, 0.1) is 21.6 Å². The van der Waals surface area contributed by atoms with Crippen molar-refractivity contribution < 1.29 is 23.8 Å². The average molecular weight is 515 g/mol. The molecular formula is C24H26N4O5S2. The molecule has 6 rings (SSSR count). The van der Waals surface area contributed by atoms with Gasteiger partial charge < -0.3 is 10.4 Å². The summed E-state index contributed by atoms with van der Waals surface area (Å²) in [5.74, 6) is 0.865. The fraction of sp³-hybridized carbons (Fsp3) is 0.417. The van der Waals surface area contributed by atoms with Crippen LogP contribution < -0.4 is 10.2 Å². The molecule has 1 aliphatic carbocycles. The molecule has 1 saturated heterocycles. The minimum absolute atomic E-state index is 0.0263. The van der Waals surface area contributed by atoms with Crippen LogP contribution >= 0.6 is 21.9 Å². The number of benzene rings is 1. The summed E-state index contributed by atoms with van der Waals surface area (Å²) in [5, 5.41) is 13.5. The van der Waals surface area contributed by atoms with Crippen LogP contribution in [0.2, 0.25) is 0 Å². The van der Waals surface area contributed by atoms with Crippen molar-refractivity contribution in [1.29, 1.82) is 0 Å². The van der Waals surface area contributed by atoms with E-state index in [0.29, 0.717) is 41.6 Å². The average Bonchev–Trinajstić information content (AvgIpc) is 3.49. The van der Waals surface area contributed by atoms with E-state index in [0.717, 1.165) is 39.9 Å². The maximum Gasteiger partial charge on any atom is 0.412 e. The summed E-state index contributed by atoms with van der Waals surface area (Å²) >= 11 is 1.42. The Morgan fingerprint density at radius 3 is 2.57 bits per heavy atom. The number of carbonyl (C=O) groups is 2. The lowest BCUT2D eigenvalue weighted by molar-refractivity contribution is -0.117. The third-order valence-corrected chi connectivity index (χ3v) is 9.94. The number of nitrogens with zero attached hydrogens (tertiary/aromatic N) is 3. The maximum atomic E-state index is 12.3. The number of amides is 2. The van der Waals surface area contributed by atoms with Gasteiger partial charge in [-0.05, 0) is 55.4 Å². The SMILES string of the molecule is O=C(Nc1nc2ccc(-c3cnc4c(c3)N(C(=O)O)C(C3CCS(O)(O)CC3)C4)cc2s1)C1CC1. The largest absolute Gasteiger partial charge is 0.465 e. The van der Waals surface area contributed by atoms with Crippen molar-refractivity contribution in [3.63, 3.8) is 0 Å². The van der Waals surface area contributed by atoms with Crippen LogP contribution in [0.1, 0.15) is 31.4 Å². The second kappa shape index (κ2) is 8.44. The molecule has 1 unspecified atom stereocenters. The van der Waals surface area contributed by atoms with Gasteiger partial charge in [0.15, 0.2) is 5.13 Å². The van der Waals surface area contributed by atoms with E-state index < -0.39 is 16.7 Å². The highest BCUT2D eigenvalue weighted by Crippen LogP contribution is 2.49. The zero-order chi connectivity index (χ0) is 24.3. The zero-order valence-electron chi connectivity index (χ0n) is 18.9. The molecule has 1 atom stereocenters. The first kappa shape index (κ1) is 22.7. The van der Waals surface area contributed by atoms with Crippen molar-refractivity contribution in [2.24, 2.45) is 11.8 Å². The van der Waals surface area contributed by atoms with E-state index in [1.807, 2.05) is 24.3 Å². The number of carbonyl (C=O) groups excluding carboxylic acids is 1. The van der Waals surface area contributed by atoms with Gasteiger partial charge in [0.25, 0.3) is 0 Å². The first-order chi connectivity index (χ1) is 16.8. The number of pyridine rings is 1. The summed E-state index contributed by atoms with van der Waals surface area (Å²) in [4.78, 5) is 34.9. The number of hydrogen-bond acceptors (Lipinski definition) is 7. The number of hydrogen-bond donors (Lipinski definition) is 4. The van der Waals surface area contributed by atoms with E-state index in [2.05, 4.69) is 15.3 Å². The second-order valence-corrected chi connectivity index (χ2v) is 13.1. The lowest BCUT2D eigenvalue weighted by Crippen LogP contribution is -2.43. The molecule has 0 spiro atoms.